The van der Waals surface area contributed by atoms with Crippen molar-refractivity contribution >= 4 is 34.7 Å². The van der Waals surface area contributed by atoms with Gasteiger partial charge < -0.3 is 20.6 Å². The molecular weight excluding hydrogens is 322 g/mol. The number of carboxylic acid groups (broad SMARTS) is 1. The van der Waals surface area contributed by atoms with Gasteiger partial charge in [0.2, 0.25) is 0 Å². The quantitative estimate of drug-likeness (QED) is 0.339. The van der Waals surface area contributed by atoms with E-state index in [1.165, 1.54) is 18.2 Å². The Hall–Kier alpha value is -3.35. The molecule has 0 fully saturated rings. The molecule has 0 amide bonds. The fourth-order valence-electron chi connectivity index (χ4n) is 1.70. The van der Waals surface area contributed by atoms with Crippen molar-refractivity contribution in [2.24, 2.45) is 4.99 Å². The molecule has 0 aliphatic rings. The molecule has 0 saturated heterocycles. The lowest BCUT2D eigenvalue weighted by atomic mass is 10.1. The maximum atomic E-state index is 10.7. The highest BCUT2D eigenvalue weighted by Crippen LogP contribution is 2.27. The number of carbonyl (C=O) groups is 2. The highest BCUT2D eigenvalue weighted by Gasteiger charge is 2.12. The number of aromatic carboxylic acids is 1. The SMILES string of the molecule is C=C/C(C)=C\NC(C)=NC.Nc1c(C=O)oc2ccc(C(=O)O)cc12. The number of nitrogens with one attached hydrogen (secondary N) is 1. The van der Waals surface area contributed by atoms with Crippen molar-refractivity contribution < 1.29 is 19.1 Å². The van der Waals surface area contributed by atoms with Gasteiger partial charge in [0.1, 0.15) is 5.58 Å². The third-order valence-corrected chi connectivity index (χ3v) is 3.28. The Morgan fingerprint density at radius 3 is 2.60 bits per heavy atom. The van der Waals surface area contributed by atoms with Crippen LogP contribution in [0.25, 0.3) is 11.0 Å². The highest BCUT2D eigenvalue weighted by atomic mass is 16.4. The van der Waals surface area contributed by atoms with Crippen LogP contribution < -0.4 is 11.1 Å². The maximum absolute atomic E-state index is 10.7. The molecule has 2 rings (SSSR count). The first-order valence-corrected chi connectivity index (χ1v) is 7.33. The van der Waals surface area contributed by atoms with Gasteiger partial charge in [-0.1, -0.05) is 12.7 Å². The Labute approximate surface area is 145 Å². The second-order valence-electron chi connectivity index (χ2n) is 5.06. The van der Waals surface area contributed by atoms with Crippen LogP contribution in [0.5, 0.6) is 0 Å². The molecule has 0 aliphatic heterocycles. The summed E-state index contributed by atoms with van der Waals surface area (Å²) in [6.07, 6.45) is 4.15. The van der Waals surface area contributed by atoms with Gasteiger partial charge in [-0.15, -0.1) is 0 Å². The second-order valence-corrected chi connectivity index (χ2v) is 5.06. The summed E-state index contributed by atoms with van der Waals surface area (Å²) in [5.74, 6) is -0.126. The molecule has 1 aromatic carbocycles. The van der Waals surface area contributed by atoms with Crippen molar-refractivity contribution in [3.8, 4) is 0 Å². The number of carbonyl (C=O) groups excluding carboxylic acids is 1. The van der Waals surface area contributed by atoms with Crippen LogP contribution in [0, 0.1) is 0 Å². The summed E-state index contributed by atoms with van der Waals surface area (Å²) in [5, 5.41) is 12.2. The molecule has 25 heavy (non-hydrogen) atoms. The van der Waals surface area contributed by atoms with Gasteiger partial charge in [-0.25, -0.2) is 4.79 Å². The summed E-state index contributed by atoms with van der Waals surface area (Å²) in [6.45, 7) is 7.50. The van der Waals surface area contributed by atoms with Crippen LogP contribution in [0.15, 0.2) is 52.0 Å². The van der Waals surface area contributed by atoms with Gasteiger partial charge in [-0.3, -0.25) is 9.79 Å². The van der Waals surface area contributed by atoms with E-state index in [0.29, 0.717) is 17.3 Å². The van der Waals surface area contributed by atoms with E-state index < -0.39 is 5.97 Å². The fourth-order valence-corrected chi connectivity index (χ4v) is 1.70. The molecule has 7 heteroatoms. The summed E-state index contributed by atoms with van der Waals surface area (Å²) in [4.78, 5) is 25.1. The summed E-state index contributed by atoms with van der Waals surface area (Å²) < 4.78 is 5.10. The second kappa shape index (κ2) is 9.07. The first-order valence-electron chi connectivity index (χ1n) is 7.33. The van der Waals surface area contributed by atoms with E-state index in [-0.39, 0.29) is 17.0 Å². The van der Waals surface area contributed by atoms with Crippen LogP contribution in [0.1, 0.15) is 34.8 Å². The average molecular weight is 343 g/mol. The molecule has 0 bridgehead atoms. The number of nitrogen functional groups attached to an aromatic ring is 1. The summed E-state index contributed by atoms with van der Waals surface area (Å²) in [5.41, 5.74) is 7.38. The topological polar surface area (TPSA) is 118 Å². The van der Waals surface area contributed by atoms with Crippen molar-refractivity contribution in [3.05, 3.63) is 54.0 Å². The van der Waals surface area contributed by atoms with Gasteiger partial charge in [0.25, 0.3) is 0 Å². The molecule has 0 atom stereocenters. The maximum Gasteiger partial charge on any atom is 0.335 e. The van der Waals surface area contributed by atoms with E-state index in [1.807, 2.05) is 20.0 Å². The summed E-state index contributed by atoms with van der Waals surface area (Å²) >= 11 is 0. The molecule has 7 nitrogen and oxygen atoms in total. The van der Waals surface area contributed by atoms with Crippen LogP contribution in [0.2, 0.25) is 0 Å². The molecule has 1 aromatic heterocycles. The number of fused-ring (bicyclic) bond motifs is 1. The Balaban J connectivity index is 0.000000275. The third kappa shape index (κ3) is 5.35. The Morgan fingerprint density at radius 1 is 1.40 bits per heavy atom. The van der Waals surface area contributed by atoms with E-state index in [9.17, 15) is 9.59 Å². The molecule has 0 aliphatic carbocycles. The number of aliphatic imine (C=N–C) groups is 1. The van der Waals surface area contributed by atoms with E-state index in [2.05, 4.69) is 16.9 Å². The van der Waals surface area contributed by atoms with Gasteiger partial charge >= 0.3 is 5.97 Å². The Bertz CT molecular complexity index is 847. The van der Waals surface area contributed by atoms with E-state index in [4.69, 9.17) is 15.3 Å². The largest absolute Gasteiger partial charge is 0.478 e. The minimum absolute atomic E-state index is 0.0209. The van der Waals surface area contributed by atoms with E-state index in [1.54, 1.807) is 13.1 Å². The summed E-state index contributed by atoms with van der Waals surface area (Å²) in [6, 6.07) is 4.24. The zero-order valence-corrected chi connectivity index (χ0v) is 14.4. The molecule has 0 saturated carbocycles. The standard InChI is InChI=1S/C10H7NO4.C8H14N2/c11-9-6-3-5(10(13)14)1-2-7(6)15-8(9)4-12;1-5-7(2)6-10-8(3)9-4/h1-4H,11H2,(H,13,14);5-6H,1H2,2-4H3,(H,9,10)/b;7-6-. The Morgan fingerprint density at radius 2 is 2.08 bits per heavy atom. The van der Waals surface area contributed by atoms with Crippen molar-refractivity contribution in [2.45, 2.75) is 13.8 Å². The number of anilines is 1. The zero-order valence-electron chi connectivity index (χ0n) is 14.4. The number of amidine groups is 1. The number of nitrogens with zero attached hydrogens (tertiary/aromatic N) is 1. The number of furan rings is 1. The number of benzene rings is 1. The van der Waals surface area contributed by atoms with Crippen LogP contribution in [0.3, 0.4) is 0 Å². The molecule has 0 radical (unpaired) electrons. The molecule has 2 aromatic rings. The van der Waals surface area contributed by atoms with Crippen LogP contribution in [-0.2, 0) is 0 Å². The number of hydrogen-bond donors (Lipinski definition) is 3. The average Bonchev–Trinajstić information content (AvgIpc) is 2.95. The van der Waals surface area contributed by atoms with Crippen LogP contribution in [0.4, 0.5) is 5.69 Å². The Kier molecular flexibility index (Phi) is 7.15. The molecule has 1 heterocycles. The number of allylic oxidation sites excluding steroid dienone is 2. The number of carboxylic acids is 1. The predicted octanol–water partition coefficient (Wildman–Crippen LogP) is 3.24. The minimum atomic E-state index is -1.05. The number of aldehydes is 1. The lowest BCUT2D eigenvalue weighted by Crippen LogP contribution is -2.12. The lowest BCUT2D eigenvalue weighted by molar-refractivity contribution is 0.0697. The normalized spacial score (nSPS) is 11.5. The molecule has 0 unspecified atom stereocenters. The zero-order chi connectivity index (χ0) is 19.0. The van der Waals surface area contributed by atoms with Crippen LogP contribution in [-0.4, -0.2) is 30.2 Å². The molecule has 0 spiro atoms. The van der Waals surface area contributed by atoms with Gasteiger partial charge in [0, 0.05) is 18.6 Å². The first kappa shape index (κ1) is 19.7. The van der Waals surface area contributed by atoms with Crippen molar-refractivity contribution in [1.82, 2.24) is 5.32 Å². The number of rotatable bonds is 4. The molecule has 4 N–H and O–H groups in total. The van der Waals surface area contributed by atoms with Gasteiger partial charge in [0.05, 0.1) is 17.1 Å². The van der Waals surface area contributed by atoms with E-state index in [0.717, 1.165) is 11.4 Å². The van der Waals surface area contributed by atoms with Crippen molar-refractivity contribution in [3.63, 3.8) is 0 Å². The van der Waals surface area contributed by atoms with Gasteiger partial charge in [-0.05, 0) is 37.6 Å². The number of nitrogens with two attached hydrogens (primary N) is 1. The summed E-state index contributed by atoms with van der Waals surface area (Å²) in [7, 11) is 1.75. The fraction of sp³-hybridized carbons (Fsp3) is 0.167. The monoisotopic (exact) mass is 343 g/mol. The van der Waals surface area contributed by atoms with Crippen molar-refractivity contribution in [2.75, 3.05) is 12.8 Å². The number of hydrogen-bond acceptors (Lipinski definition) is 5. The lowest BCUT2D eigenvalue weighted by Gasteiger charge is -1.97. The first-order chi connectivity index (χ1) is 11.8. The van der Waals surface area contributed by atoms with Gasteiger partial charge in [0.15, 0.2) is 12.0 Å². The minimum Gasteiger partial charge on any atom is -0.478 e. The highest BCUT2D eigenvalue weighted by molar-refractivity contribution is 6.01. The van der Waals surface area contributed by atoms with Gasteiger partial charge in [-0.2, -0.15) is 0 Å². The predicted molar refractivity (Wildman–Crippen MR) is 99.1 cm³/mol. The van der Waals surface area contributed by atoms with Crippen LogP contribution >= 0.6 is 0 Å². The van der Waals surface area contributed by atoms with Crippen molar-refractivity contribution in [1.29, 1.82) is 0 Å². The smallest absolute Gasteiger partial charge is 0.335 e. The molecule has 132 valence electrons. The molecular formula is C18H21N3O4. The van der Waals surface area contributed by atoms with E-state index >= 15 is 0 Å². The third-order valence-electron chi connectivity index (χ3n) is 3.28.